The Morgan fingerprint density at radius 3 is 0.882 bits per heavy atom. The molecule has 0 amide bonds. The van der Waals surface area contributed by atoms with E-state index < -0.39 is 24.1 Å². The fourth-order valence-electron chi connectivity index (χ4n) is 9.35. The molecule has 0 aromatic heterocycles. The van der Waals surface area contributed by atoms with Crippen LogP contribution in [-0.2, 0) is 0 Å². The van der Waals surface area contributed by atoms with E-state index in [1.54, 1.807) is 14.2 Å². The molecule has 0 atom stereocenters. The summed E-state index contributed by atoms with van der Waals surface area (Å²) in [6.45, 7) is 0. The second kappa shape index (κ2) is 16.0. The maximum Gasteiger partial charge on any atom is 0.600 e. The van der Waals surface area contributed by atoms with Crippen LogP contribution in [-0.4, -0.2) is 14.2 Å². The molecule has 0 bridgehead atoms. The molecular weight excluding hydrogens is 912 g/mol. The number of hydrogen-bond acceptors (Lipinski definition) is 11. The number of ether oxygens (including phenoxy) is 2. The lowest BCUT2D eigenvalue weighted by molar-refractivity contribution is 0.388. The van der Waals surface area contributed by atoms with Crippen molar-refractivity contribution in [3.63, 3.8) is 0 Å². The molecule has 10 aromatic rings. The first-order valence-electron chi connectivity index (χ1n) is 22.0. The topological polar surface area (TPSA) is 110 Å². The smallest absolute Gasteiger partial charge is 0.497 e. The molecule has 3 N–H and O–H groups in total. The highest BCUT2D eigenvalue weighted by molar-refractivity contribution is 7.93. The Kier molecular flexibility index (Phi) is 9.64. The van der Waals surface area contributed by atoms with Crippen molar-refractivity contribution in [3.05, 3.63) is 194 Å². The number of benzene rings is 10. The first kappa shape index (κ1) is 41.0. The zero-order chi connectivity index (χ0) is 45.5. The molecule has 1 saturated heterocycles. The van der Waals surface area contributed by atoms with Gasteiger partial charge in [-0.15, -0.1) is 0 Å². The first-order valence-corrected chi connectivity index (χ1v) is 26.9. The molecule has 0 saturated carbocycles. The van der Waals surface area contributed by atoms with Crippen LogP contribution in [0, 0.1) is 0 Å². The zero-order valence-electron chi connectivity index (χ0n) is 36.6. The highest BCUT2D eigenvalue weighted by Crippen LogP contribution is 2.82. The van der Waals surface area contributed by atoms with Gasteiger partial charge >= 0.3 is 24.1 Å². The summed E-state index contributed by atoms with van der Waals surface area (Å²) in [5, 5.41) is 8.20. The Morgan fingerprint density at radius 2 is 0.588 bits per heavy atom. The van der Waals surface area contributed by atoms with Crippen LogP contribution in [0.3, 0.4) is 0 Å². The predicted octanol–water partition coefficient (Wildman–Crippen LogP) is 14.9. The molecule has 332 valence electrons. The summed E-state index contributed by atoms with van der Waals surface area (Å²) in [7, 11) is -8.34. The van der Waals surface area contributed by atoms with Gasteiger partial charge in [0.25, 0.3) is 0 Å². The van der Waals surface area contributed by atoms with Gasteiger partial charge in [0.15, 0.2) is 34.5 Å². The van der Waals surface area contributed by atoms with E-state index in [1.807, 2.05) is 121 Å². The van der Waals surface area contributed by atoms with Crippen molar-refractivity contribution in [3.8, 4) is 68.2 Å². The largest absolute Gasteiger partial charge is 0.600 e. The van der Waals surface area contributed by atoms with E-state index in [4.69, 9.17) is 36.6 Å². The molecule has 14 heteroatoms. The summed E-state index contributed by atoms with van der Waals surface area (Å²) in [5.41, 5.74) is 3.53. The fourth-order valence-corrected chi connectivity index (χ4v) is 19.9. The monoisotopic (exact) mass is 952 g/mol. The van der Waals surface area contributed by atoms with E-state index in [0.29, 0.717) is 46.0 Å². The van der Waals surface area contributed by atoms with Crippen LogP contribution in [0.5, 0.6) is 46.0 Å². The quantitative estimate of drug-likeness (QED) is 0.139. The van der Waals surface area contributed by atoms with E-state index in [0.717, 1.165) is 65.3 Å². The third-order valence-corrected chi connectivity index (χ3v) is 21.4. The summed E-state index contributed by atoms with van der Waals surface area (Å²) in [5.74, 6) is 4.55. The van der Waals surface area contributed by atoms with E-state index in [-0.39, 0.29) is 0 Å². The second-order valence-corrected chi connectivity index (χ2v) is 23.3. The van der Waals surface area contributed by atoms with Crippen LogP contribution in [0.25, 0.3) is 65.3 Å². The average Bonchev–Trinajstić information content (AvgIpc) is 3.60. The second-order valence-electron chi connectivity index (χ2n) is 16.5. The van der Waals surface area contributed by atoms with Gasteiger partial charge in [-0.1, -0.05) is 121 Å². The van der Waals surface area contributed by atoms with Gasteiger partial charge in [-0.2, -0.15) is 0 Å². The van der Waals surface area contributed by atoms with Crippen LogP contribution in [0.2, 0.25) is 0 Å². The highest BCUT2D eigenvalue weighted by Gasteiger charge is 2.85. The summed E-state index contributed by atoms with van der Waals surface area (Å²) in [6, 6.07) is 64.2. The number of hydrogen-bond donors (Lipinski definition) is 3. The Bertz CT molecular complexity index is 3220. The predicted molar refractivity (Wildman–Crippen MR) is 274 cm³/mol. The number of nitrogens with one attached hydrogen (secondary N) is 3. The standard InChI is InChI=1S/C54H41N3O8P3/c1-58-39-23-27-41(28-24-39)60-66(61-42-29-25-40(59-2)26-30-42)55-67(62-47-31-19-35-11-3-7-15-43(35)51(47)52-44-16-8-4-12-36(44)20-32-48(52)63-67)57-68(56-66)64-49-33-21-37-13-5-9-17-45(37)53(49)54-46-18-10-6-14-38(46)22-34-50(54)65-68/h3-34,55-57H,1-2H3/q+3. The van der Waals surface area contributed by atoms with Gasteiger partial charge in [0, 0.05) is 22.3 Å². The fraction of sp³-hybridized carbons (Fsp3) is 0.0370. The van der Waals surface area contributed by atoms with Crippen molar-refractivity contribution < 1.29 is 36.6 Å². The Morgan fingerprint density at radius 1 is 0.309 bits per heavy atom. The van der Waals surface area contributed by atoms with Gasteiger partial charge in [0.05, 0.1) is 14.2 Å². The zero-order valence-corrected chi connectivity index (χ0v) is 39.3. The molecule has 0 aliphatic carbocycles. The maximum absolute atomic E-state index is 7.54. The Hall–Kier alpha value is -7.19. The summed E-state index contributed by atoms with van der Waals surface area (Å²) < 4.78 is 55.8. The third-order valence-electron chi connectivity index (χ3n) is 12.3. The van der Waals surface area contributed by atoms with Crippen molar-refractivity contribution in [1.82, 2.24) is 14.6 Å². The molecule has 0 unspecified atom stereocenters. The lowest BCUT2D eigenvalue weighted by Gasteiger charge is -2.33. The first-order chi connectivity index (χ1) is 33.4. The summed E-state index contributed by atoms with van der Waals surface area (Å²) in [4.78, 5) is 11.4. The van der Waals surface area contributed by atoms with Crippen LogP contribution >= 0.6 is 24.1 Å². The number of fused-ring (bicyclic) bond motifs is 14. The summed E-state index contributed by atoms with van der Waals surface area (Å²) in [6.07, 6.45) is 0. The molecule has 3 aliphatic rings. The molecule has 68 heavy (non-hydrogen) atoms. The van der Waals surface area contributed by atoms with Gasteiger partial charge < -0.3 is 9.47 Å². The van der Waals surface area contributed by atoms with Crippen LogP contribution in [0.1, 0.15) is 0 Å². The SMILES string of the molecule is COc1ccc(O[P+]2(Oc3ccc(OC)cc3)N[P+]3(N[P+]4(N2)Oc2ccc5ccccc5c2-c2c(ccc5ccccc25)O4)Oc2ccc4ccccc4c2-c2c(ccc4ccccc24)O3)cc1. The molecule has 11 nitrogen and oxygen atoms in total. The van der Waals surface area contributed by atoms with E-state index in [9.17, 15) is 0 Å². The summed E-state index contributed by atoms with van der Waals surface area (Å²) >= 11 is 0. The van der Waals surface area contributed by atoms with Crippen molar-refractivity contribution in [2.75, 3.05) is 14.2 Å². The Balaban J connectivity index is 1.09. The minimum Gasteiger partial charge on any atom is -0.497 e. The average molecular weight is 953 g/mol. The molecule has 10 aromatic carbocycles. The molecule has 1 fully saturated rings. The molecular formula is C54H41N3O8P3+3. The maximum atomic E-state index is 7.54. The normalized spacial score (nSPS) is 15.9. The van der Waals surface area contributed by atoms with Crippen LogP contribution in [0.15, 0.2) is 194 Å². The molecule has 0 radical (unpaired) electrons. The molecule has 3 heterocycles. The Labute approximate surface area is 393 Å². The van der Waals surface area contributed by atoms with Crippen LogP contribution in [0.4, 0.5) is 0 Å². The lowest BCUT2D eigenvalue weighted by atomic mass is 9.92. The van der Waals surface area contributed by atoms with E-state index in [1.165, 1.54) is 0 Å². The van der Waals surface area contributed by atoms with E-state index in [2.05, 4.69) is 87.4 Å². The van der Waals surface area contributed by atoms with Gasteiger partial charge in [0.1, 0.15) is 26.1 Å². The van der Waals surface area contributed by atoms with Crippen molar-refractivity contribution >= 4 is 67.1 Å². The van der Waals surface area contributed by atoms with E-state index >= 15 is 0 Å². The van der Waals surface area contributed by atoms with Gasteiger partial charge in [-0.05, 0) is 116 Å². The minimum absolute atomic E-state index is 0.464. The van der Waals surface area contributed by atoms with Crippen molar-refractivity contribution in [1.29, 1.82) is 0 Å². The third kappa shape index (κ3) is 6.90. The molecule has 13 rings (SSSR count). The minimum atomic E-state index is -3.87. The number of rotatable bonds is 6. The van der Waals surface area contributed by atoms with Gasteiger partial charge in [-0.25, -0.2) is 0 Å². The van der Waals surface area contributed by atoms with Crippen molar-refractivity contribution in [2.45, 2.75) is 0 Å². The highest BCUT2D eigenvalue weighted by atomic mass is 31.3. The molecule has 2 spiro atoms. The van der Waals surface area contributed by atoms with Gasteiger partial charge in [-0.3, -0.25) is 27.1 Å². The van der Waals surface area contributed by atoms with Crippen molar-refractivity contribution in [2.24, 2.45) is 0 Å². The van der Waals surface area contributed by atoms with Gasteiger partial charge in [0.2, 0.25) is 0 Å². The molecule has 3 aliphatic heterocycles. The number of methoxy groups -OCH3 is 2. The van der Waals surface area contributed by atoms with Crippen LogP contribution < -0.4 is 51.2 Å². The lowest BCUT2D eigenvalue weighted by Crippen LogP contribution is -2.52.